The molecule has 0 radical (unpaired) electrons. The van der Waals surface area contributed by atoms with E-state index < -0.39 is 7.82 Å². The number of phosphoric ester groups is 1. The first kappa shape index (κ1) is 47.0. The van der Waals surface area contributed by atoms with Gasteiger partial charge in [-0.1, -0.05) is 40.0 Å². The lowest BCUT2D eigenvalue weighted by Crippen LogP contribution is -2.49. The molecule has 0 atom stereocenters. The van der Waals surface area contributed by atoms with Gasteiger partial charge in [0.1, 0.15) is 5.75 Å². The minimum absolute atomic E-state index is 0.0406. The van der Waals surface area contributed by atoms with Crippen LogP contribution in [0.2, 0.25) is 0 Å². The van der Waals surface area contributed by atoms with Gasteiger partial charge in [-0.25, -0.2) is 4.57 Å². The highest BCUT2D eigenvalue weighted by Crippen LogP contribution is 2.41. The topological polar surface area (TPSA) is 204 Å². The molecule has 308 valence electrons. The second-order valence-electron chi connectivity index (χ2n) is 13.4. The Morgan fingerprint density at radius 2 is 1.13 bits per heavy atom. The van der Waals surface area contributed by atoms with Crippen molar-refractivity contribution in [3.8, 4) is 11.5 Å². The number of carbonyl (C=O) groups is 3. The Balaban J connectivity index is 2.31. The molecular weight excluding hydrogens is 723 g/mol. The van der Waals surface area contributed by atoms with E-state index in [0.29, 0.717) is 84.4 Å². The molecule has 1 fully saturated rings. The largest absolute Gasteiger partial charge is 0.524 e. The van der Waals surface area contributed by atoms with E-state index in [0.717, 1.165) is 44.7 Å². The summed E-state index contributed by atoms with van der Waals surface area (Å²) in [5.74, 6) is -1.53. The van der Waals surface area contributed by atoms with Gasteiger partial charge in [0, 0.05) is 64.6 Å². The van der Waals surface area contributed by atoms with Crippen LogP contribution in [-0.2, 0) is 33.2 Å². The Kier molecular flexibility index (Phi) is 22.5. The van der Waals surface area contributed by atoms with Gasteiger partial charge in [0.15, 0.2) is 5.75 Å². The summed E-state index contributed by atoms with van der Waals surface area (Å²) >= 11 is 0. The van der Waals surface area contributed by atoms with Gasteiger partial charge in [0.25, 0.3) is 0 Å². The number of aryl methyl sites for hydroxylation is 1. The van der Waals surface area contributed by atoms with Crippen LogP contribution in [0, 0.1) is 6.92 Å². The Hall–Kier alpha value is -3.18. The minimum atomic E-state index is -4.94. The number of esters is 3. The summed E-state index contributed by atoms with van der Waals surface area (Å²) < 4.78 is 32.8. The van der Waals surface area contributed by atoms with Gasteiger partial charge in [-0.05, 0) is 33.1 Å². The van der Waals surface area contributed by atoms with E-state index >= 15 is 0 Å². The number of phosphoric acid groups is 1. The van der Waals surface area contributed by atoms with Crippen molar-refractivity contribution in [2.45, 2.75) is 73.1 Å². The number of pyridine rings is 1. The normalized spacial score (nSPS) is 16.3. The molecule has 1 aliphatic rings. The van der Waals surface area contributed by atoms with Gasteiger partial charge in [0.2, 0.25) is 0 Å². The molecule has 1 aliphatic heterocycles. The SMILES string of the molecule is CCCCOC(=O)CN1CCN(CCN=C(C)c2c(OP(=O)(O)O)cnc(C)c2O)CCN(CC(=O)OCCCC)CCN(CC(=O)OCCCC)CC1. The van der Waals surface area contributed by atoms with E-state index in [1.807, 2.05) is 35.5 Å². The first-order chi connectivity index (χ1) is 25.8. The van der Waals surface area contributed by atoms with Gasteiger partial charge in [-0.15, -0.1) is 0 Å². The molecule has 2 rings (SSSR count). The van der Waals surface area contributed by atoms with Crippen molar-refractivity contribution in [3.63, 3.8) is 0 Å². The highest BCUT2D eigenvalue weighted by molar-refractivity contribution is 7.46. The Labute approximate surface area is 320 Å². The molecule has 1 saturated heterocycles. The zero-order chi connectivity index (χ0) is 39.9. The zero-order valence-corrected chi connectivity index (χ0v) is 33.8. The first-order valence-electron chi connectivity index (χ1n) is 19.1. The van der Waals surface area contributed by atoms with Crippen LogP contribution in [0.5, 0.6) is 11.5 Å². The number of aliphatic imine (C=N–C) groups is 1. The highest BCUT2D eigenvalue weighted by Gasteiger charge is 2.24. The highest BCUT2D eigenvalue weighted by atomic mass is 31.2. The molecule has 2 heterocycles. The molecular formula is C36H63N6O11P. The van der Waals surface area contributed by atoms with Crippen molar-refractivity contribution in [2.75, 3.05) is 105 Å². The molecule has 0 spiro atoms. The van der Waals surface area contributed by atoms with Crippen LogP contribution in [0.25, 0.3) is 0 Å². The van der Waals surface area contributed by atoms with Crippen molar-refractivity contribution < 1.29 is 52.6 Å². The number of rotatable bonds is 21. The molecule has 0 aromatic carbocycles. The van der Waals surface area contributed by atoms with Crippen molar-refractivity contribution in [1.29, 1.82) is 0 Å². The van der Waals surface area contributed by atoms with Gasteiger partial charge in [-0.2, -0.15) is 0 Å². The number of carbonyl (C=O) groups excluding carboxylic acids is 3. The molecule has 0 aliphatic carbocycles. The third kappa shape index (κ3) is 19.4. The van der Waals surface area contributed by atoms with Crippen molar-refractivity contribution >= 4 is 31.4 Å². The summed E-state index contributed by atoms with van der Waals surface area (Å²) in [7, 11) is -4.94. The lowest BCUT2D eigenvalue weighted by molar-refractivity contribution is -0.147. The van der Waals surface area contributed by atoms with Gasteiger partial charge < -0.3 is 23.8 Å². The molecule has 0 bridgehead atoms. The van der Waals surface area contributed by atoms with E-state index in [2.05, 4.69) is 14.9 Å². The van der Waals surface area contributed by atoms with E-state index in [-0.39, 0.29) is 66.8 Å². The summed E-state index contributed by atoms with van der Waals surface area (Å²) in [4.78, 5) is 74.0. The molecule has 17 nitrogen and oxygen atoms in total. The number of hydrogen-bond donors (Lipinski definition) is 3. The maximum atomic E-state index is 12.8. The third-order valence-electron chi connectivity index (χ3n) is 8.82. The molecule has 18 heteroatoms. The number of hydrogen-bond acceptors (Lipinski definition) is 15. The van der Waals surface area contributed by atoms with Crippen LogP contribution in [0.4, 0.5) is 0 Å². The van der Waals surface area contributed by atoms with Crippen LogP contribution in [-0.4, -0.2) is 168 Å². The molecule has 54 heavy (non-hydrogen) atoms. The first-order valence-corrected chi connectivity index (χ1v) is 20.6. The van der Waals surface area contributed by atoms with Crippen LogP contribution in [0.15, 0.2) is 11.2 Å². The molecule has 1 aromatic rings. The van der Waals surface area contributed by atoms with Crippen LogP contribution in [0.3, 0.4) is 0 Å². The van der Waals surface area contributed by atoms with Crippen LogP contribution >= 0.6 is 7.82 Å². The van der Waals surface area contributed by atoms with Crippen molar-refractivity contribution in [3.05, 3.63) is 17.5 Å². The third-order valence-corrected chi connectivity index (χ3v) is 9.25. The standard InChI is InChI=1S/C36H63N6O11P/c1-6-9-22-50-32(43)26-40-16-14-39(13-12-37-29(4)35-31(53-54(47,48)49)25-38-30(5)36(35)46)15-17-41(27-33(44)51-23-10-7-2)19-21-42(20-18-40)28-34(45)52-24-11-8-3/h25,46H,6-24,26-28H2,1-5H3,(H2,47,48,49). The average Bonchev–Trinajstić information content (AvgIpc) is 3.10. The minimum Gasteiger partial charge on any atom is -0.505 e. The van der Waals surface area contributed by atoms with Crippen LogP contribution < -0.4 is 4.52 Å². The number of nitrogens with zero attached hydrogens (tertiary/aromatic N) is 6. The number of aromatic hydroxyl groups is 1. The van der Waals surface area contributed by atoms with E-state index in [1.165, 1.54) is 0 Å². The molecule has 1 aromatic heterocycles. The maximum Gasteiger partial charge on any atom is 0.524 e. The fourth-order valence-electron chi connectivity index (χ4n) is 5.52. The predicted octanol–water partition coefficient (Wildman–Crippen LogP) is 2.63. The monoisotopic (exact) mass is 786 g/mol. The summed E-state index contributed by atoms with van der Waals surface area (Å²) in [6, 6.07) is 0. The number of unbranched alkanes of at least 4 members (excludes halogenated alkanes) is 3. The van der Waals surface area contributed by atoms with Gasteiger partial charge >= 0.3 is 25.7 Å². The van der Waals surface area contributed by atoms with Gasteiger partial charge in [0.05, 0.1) is 63.5 Å². The van der Waals surface area contributed by atoms with E-state index in [1.54, 1.807) is 13.8 Å². The average molecular weight is 787 g/mol. The molecule has 0 unspecified atom stereocenters. The second kappa shape index (κ2) is 25.8. The smallest absolute Gasteiger partial charge is 0.505 e. The Morgan fingerprint density at radius 3 is 1.50 bits per heavy atom. The van der Waals surface area contributed by atoms with Crippen molar-refractivity contribution in [1.82, 2.24) is 24.6 Å². The number of aromatic nitrogens is 1. The van der Waals surface area contributed by atoms with Crippen LogP contribution in [0.1, 0.15) is 77.5 Å². The second-order valence-corrected chi connectivity index (χ2v) is 14.5. The Morgan fingerprint density at radius 1 is 0.741 bits per heavy atom. The quantitative estimate of drug-likeness (QED) is 0.0539. The fourth-order valence-corrected chi connectivity index (χ4v) is 5.91. The Bertz CT molecular complexity index is 1340. The number of ether oxygens (including phenoxy) is 3. The summed E-state index contributed by atoms with van der Waals surface area (Å²) in [6.07, 6.45) is 6.20. The molecule has 0 saturated carbocycles. The summed E-state index contributed by atoms with van der Waals surface area (Å²) in [6.45, 7) is 15.3. The van der Waals surface area contributed by atoms with E-state index in [9.17, 15) is 33.8 Å². The molecule has 3 N–H and O–H groups in total. The zero-order valence-electron chi connectivity index (χ0n) is 32.9. The predicted molar refractivity (Wildman–Crippen MR) is 204 cm³/mol. The van der Waals surface area contributed by atoms with Gasteiger partial charge in [-0.3, -0.25) is 53.7 Å². The lowest BCUT2D eigenvalue weighted by Gasteiger charge is -2.33. The van der Waals surface area contributed by atoms with E-state index in [4.69, 9.17) is 18.7 Å². The summed E-state index contributed by atoms with van der Waals surface area (Å²) in [5, 5.41) is 10.7. The molecule has 0 amide bonds. The van der Waals surface area contributed by atoms with Crippen molar-refractivity contribution in [2.24, 2.45) is 4.99 Å². The summed E-state index contributed by atoms with van der Waals surface area (Å²) in [5.41, 5.74) is 0.588. The lowest BCUT2D eigenvalue weighted by atomic mass is 10.1. The fraction of sp³-hybridized carbons (Fsp3) is 0.750. The maximum absolute atomic E-state index is 12.8.